The van der Waals surface area contributed by atoms with Gasteiger partial charge in [0.2, 0.25) is 5.91 Å². The summed E-state index contributed by atoms with van der Waals surface area (Å²) < 4.78 is 0. The molecule has 0 radical (unpaired) electrons. The molecule has 1 amide bonds. The van der Waals surface area contributed by atoms with E-state index in [9.17, 15) is 9.59 Å². The minimum absolute atomic E-state index is 0.0782. The molecule has 1 atom stereocenters. The molecule has 0 fully saturated rings. The van der Waals surface area contributed by atoms with E-state index in [1.165, 1.54) is 12.3 Å². The molecule has 0 spiro atoms. The van der Waals surface area contributed by atoms with E-state index in [0.29, 0.717) is 12.1 Å². The number of pyridine rings is 1. The lowest BCUT2D eigenvalue weighted by atomic mass is 9.84. The second-order valence-electron chi connectivity index (χ2n) is 6.36. The number of carboxylic acids is 1. The molecule has 0 aliphatic heterocycles. The van der Waals surface area contributed by atoms with Crippen molar-refractivity contribution < 1.29 is 14.7 Å². The molecule has 1 heterocycles. The Labute approximate surface area is 119 Å². The first kappa shape index (κ1) is 16.1. The van der Waals surface area contributed by atoms with Gasteiger partial charge in [0, 0.05) is 18.3 Å². The van der Waals surface area contributed by atoms with Crippen LogP contribution in [0.1, 0.15) is 51.0 Å². The normalized spacial score (nSPS) is 12.8. The third kappa shape index (κ3) is 5.82. The van der Waals surface area contributed by atoms with Crippen LogP contribution in [0.5, 0.6) is 0 Å². The summed E-state index contributed by atoms with van der Waals surface area (Å²) in [5.41, 5.74) is 0.572. The highest BCUT2D eigenvalue weighted by molar-refractivity contribution is 5.92. The Morgan fingerprint density at radius 2 is 2.05 bits per heavy atom. The number of rotatable bonds is 5. The molecule has 1 rings (SSSR count). The molecular weight excluding hydrogens is 256 g/mol. The van der Waals surface area contributed by atoms with E-state index in [-0.39, 0.29) is 22.9 Å². The fourth-order valence-corrected chi connectivity index (χ4v) is 2.27. The van der Waals surface area contributed by atoms with Gasteiger partial charge < -0.3 is 10.4 Å². The van der Waals surface area contributed by atoms with Gasteiger partial charge in [0.25, 0.3) is 0 Å². The molecule has 5 heteroatoms. The van der Waals surface area contributed by atoms with Crippen molar-refractivity contribution in [1.82, 2.24) is 4.98 Å². The minimum Gasteiger partial charge on any atom is -0.477 e. The lowest BCUT2D eigenvalue weighted by Gasteiger charge is -2.22. The van der Waals surface area contributed by atoms with Crippen molar-refractivity contribution in [3.8, 4) is 0 Å². The molecule has 0 saturated carbocycles. The molecule has 0 saturated heterocycles. The van der Waals surface area contributed by atoms with Gasteiger partial charge >= 0.3 is 5.97 Å². The van der Waals surface area contributed by atoms with Crippen LogP contribution in [-0.2, 0) is 4.79 Å². The zero-order chi connectivity index (χ0) is 15.3. The number of hydrogen-bond donors (Lipinski definition) is 2. The van der Waals surface area contributed by atoms with Crippen molar-refractivity contribution in [2.75, 3.05) is 5.32 Å². The van der Waals surface area contributed by atoms with E-state index in [1.807, 2.05) is 6.92 Å². The lowest BCUT2D eigenvalue weighted by Crippen LogP contribution is -2.19. The van der Waals surface area contributed by atoms with Crippen molar-refractivity contribution in [3.63, 3.8) is 0 Å². The number of aromatic nitrogens is 1. The second-order valence-corrected chi connectivity index (χ2v) is 6.36. The standard InChI is InChI=1S/C15H22N2O3/c1-10(9-15(2,3)4)7-13(18)17-11-5-6-16-12(8-11)14(19)20/h5-6,8,10H,7,9H2,1-4H3,(H,19,20)(H,16,17,18). The molecule has 2 N–H and O–H groups in total. The van der Waals surface area contributed by atoms with Crippen molar-refractivity contribution in [2.24, 2.45) is 11.3 Å². The highest BCUT2D eigenvalue weighted by Crippen LogP contribution is 2.26. The maximum Gasteiger partial charge on any atom is 0.354 e. The molecular formula is C15H22N2O3. The Morgan fingerprint density at radius 1 is 1.40 bits per heavy atom. The van der Waals surface area contributed by atoms with Crippen LogP contribution in [0.4, 0.5) is 5.69 Å². The third-order valence-corrected chi connectivity index (χ3v) is 2.76. The van der Waals surface area contributed by atoms with Crippen molar-refractivity contribution >= 4 is 17.6 Å². The predicted octanol–water partition coefficient (Wildman–Crippen LogP) is 3.18. The number of carboxylic acid groups (broad SMARTS) is 1. The van der Waals surface area contributed by atoms with Gasteiger partial charge in [0.05, 0.1) is 0 Å². The maximum atomic E-state index is 11.9. The zero-order valence-electron chi connectivity index (χ0n) is 12.4. The van der Waals surface area contributed by atoms with Gasteiger partial charge in [-0.15, -0.1) is 0 Å². The van der Waals surface area contributed by atoms with Crippen LogP contribution in [0.25, 0.3) is 0 Å². The fourth-order valence-electron chi connectivity index (χ4n) is 2.27. The van der Waals surface area contributed by atoms with E-state index in [2.05, 4.69) is 31.1 Å². The van der Waals surface area contributed by atoms with Gasteiger partial charge in [0.15, 0.2) is 0 Å². The van der Waals surface area contributed by atoms with Crippen molar-refractivity contribution in [3.05, 3.63) is 24.0 Å². The van der Waals surface area contributed by atoms with Crippen LogP contribution in [0.15, 0.2) is 18.3 Å². The molecule has 110 valence electrons. The van der Waals surface area contributed by atoms with Gasteiger partial charge in [-0.3, -0.25) is 4.79 Å². The first-order valence-corrected chi connectivity index (χ1v) is 6.66. The molecule has 20 heavy (non-hydrogen) atoms. The average molecular weight is 278 g/mol. The molecule has 0 aliphatic carbocycles. The van der Waals surface area contributed by atoms with Crippen LogP contribution in [-0.4, -0.2) is 22.0 Å². The summed E-state index contributed by atoms with van der Waals surface area (Å²) in [6.45, 7) is 8.47. The van der Waals surface area contributed by atoms with Gasteiger partial charge in [-0.2, -0.15) is 0 Å². The summed E-state index contributed by atoms with van der Waals surface area (Å²) >= 11 is 0. The summed E-state index contributed by atoms with van der Waals surface area (Å²) in [6.07, 6.45) is 2.75. The molecule has 1 unspecified atom stereocenters. The number of anilines is 1. The summed E-state index contributed by atoms with van der Waals surface area (Å²) in [5.74, 6) is -0.942. The van der Waals surface area contributed by atoms with Crippen LogP contribution in [0.2, 0.25) is 0 Å². The average Bonchev–Trinajstić information content (AvgIpc) is 2.25. The Balaban J connectivity index is 2.58. The SMILES string of the molecule is CC(CC(=O)Nc1ccnc(C(=O)O)c1)CC(C)(C)C. The Bertz CT molecular complexity index is 492. The summed E-state index contributed by atoms with van der Waals surface area (Å²) in [6, 6.07) is 2.94. The predicted molar refractivity (Wildman–Crippen MR) is 77.7 cm³/mol. The molecule has 1 aromatic heterocycles. The van der Waals surface area contributed by atoms with Gasteiger partial charge in [0.1, 0.15) is 5.69 Å². The third-order valence-electron chi connectivity index (χ3n) is 2.76. The molecule has 0 aromatic carbocycles. The van der Waals surface area contributed by atoms with E-state index in [0.717, 1.165) is 6.42 Å². The van der Waals surface area contributed by atoms with Gasteiger partial charge in [-0.1, -0.05) is 27.7 Å². The number of hydrogen-bond acceptors (Lipinski definition) is 3. The number of carbonyl (C=O) groups is 2. The van der Waals surface area contributed by atoms with E-state index < -0.39 is 5.97 Å². The van der Waals surface area contributed by atoms with E-state index >= 15 is 0 Å². The Kier molecular flexibility index (Phi) is 5.25. The van der Waals surface area contributed by atoms with Gasteiger partial charge in [-0.25, -0.2) is 9.78 Å². The van der Waals surface area contributed by atoms with Crippen molar-refractivity contribution in [1.29, 1.82) is 0 Å². The lowest BCUT2D eigenvalue weighted by molar-refractivity contribution is -0.117. The van der Waals surface area contributed by atoms with Crippen molar-refractivity contribution in [2.45, 2.75) is 40.5 Å². The maximum absolute atomic E-state index is 11.9. The summed E-state index contributed by atoms with van der Waals surface area (Å²) in [5, 5.41) is 11.6. The van der Waals surface area contributed by atoms with Crippen LogP contribution >= 0.6 is 0 Å². The van der Waals surface area contributed by atoms with Gasteiger partial charge in [-0.05, 0) is 29.9 Å². The molecule has 0 bridgehead atoms. The number of carbonyl (C=O) groups excluding carboxylic acids is 1. The zero-order valence-corrected chi connectivity index (χ0v) is 12.4. The van der Waals surface area contributed by atoms with E-state index in [4.69, 9.17) is 5.11 Å². The fraction of sp³-hybridized carbons (Fsp3) is 0.533. The van der Waals surface area contributed by atoms with Crippen LogP contribution < -0.4 is 5.32 Å². The smallest absolute Gasteiger partial charge is 0.354 e. The number of nitrogens with one attached hydrogen (secondary N) is 1. The monoisotopic (exact) mass is 278 g/mol. The number of amides is 1. The topological polar surface area (TPSA) is 79.3 Å². The Morgan fingerprint density at radius 3 is 2.60 bits per heavy atom. The minimum atomic E-state index is -1.11. The molecule has 5 nitrogen and oxygen atoms in total. The van der Waals surface area contributed by atoms with Crippen LogP contribution in [0.3, 0.4) is 0 Å². The largest absolute Gasteiger partial charge is 0.477 e. The first-order valence-electron chi connectivity index (χ1n) is 6.66. The Hall–Kier alpha value is -1.91. The summed E-state index contributed by atoms with van der Waals surface area (Å²) in [4.78, 5) is 26.4. The highest BCUT2D eigenvalue weighted by atomic mass is 16.4. The number of aromatic carboxylic acids is 1. The summed E-state index contributed by atoms with van der Waals surface area (Å²) in [7, 11) is 0. The quantitative estimate of drug-likeness (QED) is 0.867. The highest BCUT2D eigenvalue weighted by Gasteiger charge is 2.18. The molecule has 0 aliphatic rings. The number of nitrogens with zero attached hydrogens (tertiary/aromatic N) is 1. The van der Waals surface area contributed by atoms with Crippen LogP contribution in [0, 0.1) is 11.3 Å². The molecule has 1 aromatic rings. The van der Waals surface area contributed by atoms with E-state index in [1.54, 1.807) is 6.07 Å². The second kappa shape index (κ2) is 6.50. The first-order chi connectivity index (χ1) is 9.17.